The van der Waals surface area contributed by atoms with Crippen molar-refractivity contribution in [1.82, 2.24) is 9.29 Å². The Hall–Kier alpha value is -1.83. The zero-order chi connectivity index (χ0) is 15.5. The van der Waals surface area contributed by atoms with E-state index in [0.29, 0.717) is 12.1 Å². The molecule has 0 saturated heterocycles. The second kappa shape index (κ2) is 6.30. The van der Waals surface area contributed by atoms with Crippen LogP contribution in [0.25, 0.3) is 0 Å². The van der Waals surface area contributed by atoms with Gasteiger partial charge in [-0.25, -0.2) is 17.8 Å². The second-order valence-electron chi connectivity index (χ2n) is 4.60. The molecule has 1 heterocycles. The largest absolute Gasteiger partial charge is 0.326 e. The molecule has 2 N–H and O–H groups in total. The second-order valence-corrected chi connectivity index (χ2v) is 6.59. The third kappa shape index (κ3) is 3.63. The molecule has 0 aliphatic heterocycles. The van der Waals surface area contributed by atoms with Gasteiger partial charge in [-0.1, -0.05) is 18.2 Å². The van der Waals surface area contributed by atoms with E-state index in [9.17, 15) is 12.8 Å². The van der Waals surface area contributed by atoms with Gasteiger partial charge in [0, 0.05) is 26.3 Å². The predicted octanol–water partition coefficient (Wildman–Crippen LogP) is 1.50. The number of hydrogen-bond donors (Lipinski definition) is 1. The van der Waals surface area contributed by atoms with Crippen LogP contribution >= 0.6 is 0 Å². The van der Waals surface area contributed by atoms with Gasteiger partial charge in [0.05, 0.1) is 0 Å². The summed E-state index contributed by atoms with van der Waals surface area (Å²) in [5.41, 5.74) is 6.91. The molecule has 2 aromatic rings. The number of pyridine rings is 1. The zero-order valence-electron chi connectivity index (χ0n) is 11.5. The summed E-state index contributed by atoms with van der Waals surface area (Å²) in [4.78, 5) is 3.93. The molecule has 2 rings (SSSR count). The number of hydrogen-bond acceptors (Lipinski definition) is 4. The van der Waals surface area contributed by atoms with Crippen molar-refractivity contribution < 1.29 is 12.8 Å². The minimum absolute atomic E-state index is 0.0377. The van der Waals surface area contributed by atoms with Crippen LogP contribution in [-0.4, -0.2) is 24.8 Å². The maximum absolute atomic E-state index is 12.8. The summed E-state index contributed by atoms with van der Waals surface area (Å²) in [5.74, 6) is -0.358. The highest BCUT2D eigenvalue weighted by molar-refractivity contribution is 7.89. The number of aromatic nitrogens is 1. The van der Waals surface area contributed by atoms with Crippen molar-refractivity contribution in [3.8, 4) is 0 Å². The summed E-state index contributed by atoms with van der Waals surface area (Å²) >= 11 is 0. The first-order valence-corrected chi connectivity index (χ1v) is 7.73. The molecule has 0 unspecified atom stereocenters. The van der Waals surface area contributed by atoms with Crippen LogP contribution in [-0.2, 0) is 23.1 Å². The SMILES string of the molecule is CN(Cc1ccc(F)cc1)S(=O)(=O)c1ccc(CN)cn1. The number of nitrogens with two attached hydrogens (primary N) is 1. The molecule has 0 radical (unpaired) electrons. The Morgan fingerprint density at radius 1 is 1.14 bits per heavy atom. The molecule has 0 aliphatic carbocycles. The Morgan fingerprint density at radius 2 is 1.76 bits per heavy atom. The Bertz CT molecular complexity index is 700. The Labute approximate surface area is 123 Å². The molecule has 1 aromatic heterocycles. The van der Waals surface area contributed by atoms with E-state index in [1.165, 1.54) is 35.7 Å². The molecule has 0 fully saturated rings. The maximum atomic E-state index is 12.8. The Kier molecular flexibility index (Phi) is 4.66. The Balaban J connectivity index is 2.19. The molecule has 7 heteroatoms. The van der Waals surface area contributed by atoms with Crippen LogP contribution in [0.15, 0.2) is 47.6 Å². The predicted molar refractivity (Wildman–Crippen MR) is 77.2 cm³/mol. The molecule has 1 aromatic carbocycles. The summed E-state index contributed by atoms with van der Waals surface area (Å²) in [6.45, 7) is 0.446. The average Bonchev–Trinajstić information content (AvgIpc) is 2.49. The van der Waals surface area contributed by atoms with Gasteiger partial charge in [0.25, 0.3) is 10.0 Å². The van der Waals surface area contributed by atoms with E-state index in [1.54, 1.807) is 18.2 Å². The van der Waals surface area contributed by atoms with Gasteiger partial charge in [-0.15, -0.1) is 0 Å². The van der Waals surface area contributed by atoms with Crippen molar-refractivity contribution >= 4 is 10.0 Å². The summed E-state index contributed by atoms with van der Waals surface area (Å²) < 4.78 is 38.7. The standard InChI is InChI=1S/C14H16FN3O2S/c1-18(10-11-2-5-13(15)6-3-11)21(19,20)14-7-4-12(8-16)9-17-14/h2-7,9H,8,10,16H2,1H3. The smallest absolute Gasteiger partial charge is 0.260 e. The number of rotatable bonds is 5. The lowest BCUT2D eigenvalue weighted by Gasteiger charge is -2.16. The lowest BCUT2D eigenvalue weighted by molar-refractivity contribution is 0.463. The first-order valence-electron chi connectivity index (χ1n) is 6.29. The van der Waals surface area contributed by atoms with Gasteiger partial charge >= 0.3 is 0 Å². The van der Waals surface area contributed by atoms with Gasteiger partial charge in [-0.05, 0) is 29.3 Å². The van der Waals surface area contributed by atoms with Crippen molar-refractivity contribution in [2.75, 3.05) is 7.05 Å². The van der Waals surface area contributed by atoms with Gasteiger partial charge in [-0.2, -0.15) is 4.31 Å². The fourth-order valence-corrected chi connectivity index (χ4v) is 2.84. The summed E-state index contributed by atoms with van der Waals surface area (Å²) in [5, 5.41) is -0.0377. The number of sulfonamides is 1. The van der Waals surface area contributed by atoms with Gasteiger partial charge in [0.15, 0.2) is 5.03 Å². The lowest BCUT2D eigenvalue weighted by Crippen LogP contribution is -2.27. The molecule has 0 spiro atoms. The summed E-state index contributed by atoms with van der Waals surface area (Å²) in [6.07, 6.45) is 1.44. The molecule has 0 atom stereocenters. The quantitative estimate of drug-likeness (QED) is 0.908. The molecule has 0 aliphatic rings. The van der Waals surface area contributed by atoms with Crippen molar-refractivity contribution in [3.05, 3.63) is 59.5 Å². The zero-order valence-corrected chi connectivity index (χ0v) is 12.3. The van der Waals surface area contributed by atoms with Crippen molar-refractivity contribution in [2.24, 2.45) is 5.73 Å². The lowest BCUT2D eigenvalue weighted by atomic mass is 10.2. The van der Waals surface area contributed by atoms with E-state index in [-0.39, 0.29) is 17.4 Å². The highest BCUT2D eigenvalue weighted by Crippen LogP contribution is 2.15. The van der Waals surface area contributed by atoms with Crippen molar-refractivity contribution in [1.29, 1.82) is 0 Å². The number of benzene rings is 1. The highest BCUT2D eigenvalue weighted by Gasteiger charge is 2.22. The third-order valence-electron chi connectivity index (χ3n) is 3.03. The van der Waals surface area contributed by atoms with Crippen LogP contribution in [0.4, 0.5) is 4.39 Å². The van der Waals surface area contributed by atoms with Gasteiger partial charge in [0.1, 0.15) is 5.82 Å². The Morgan fingerprint density at radius 3 is 2.29 bits per heavy atom. The van der Waals surface area contributed by atoms with E-state index in [0.717, 1.165) is 5.56 Å². The van der Waals surface area contributed by atoms with E-state index < -0.39 is 10.0 Å². The molecular formula is C14H16FN3O2S. The van der Waals surface area contributed by atoms with Crippen LogP contribution < -0.4 is 5.73 Å². The fraction of sp³-hybridized carbons (Fsp3) is 0.214. The van der Waals surface area contributed by atoms with Gasteiger partial charge < -0.3 is 5.73 Å². The average molecular weight is 309 g/mol. The first-order chi connectivity index (χ1) is 9.93. The molecule has 112 valence electrons. The van der Waals surface area contributed by atoms with Crippen LogP contribution in [0.3, 0.4) is 0 Å². The minimum Gasteiger partial charge on any atom is -0.326 e. The van der Waals surface area contributed by atoms with Gasteiger partial charge in [0.2, 0.25) is 0 Å². The summed E-state index contributed by atoms with van der Waals surface area (Å²) in [6, 6.07) is 8.75. The minimum atomic E-state index is -3.68. The van der Waals surface area contributed by atoms with Crippen LogP contribution in [0.1, 0.15) is 11.1 Å². The third-order valence-corrected chi connectivity index (χ3v) is 4.75. The van der Waals surface area contributed by atoms with E-state index in [4.69, 9.17) is 5.73 Å². The molecule has 21 heavy (non-hydrogen) atoms. The van der Waals surface area contributed by atoms with Crippen molar-refractivity contribution in [2.45, 2.75) is 18.1 Å². The monoisotopic (exact) mass is 309 g/mol. The molecule has 0 amide bonds. The van der Waals surface area contributed by atoms with E-state index >= 15 is 0 Å². The van der Waals surface area contributed by atoms with Gasteiger partial charge in [-0.3, -0.25) is 0 Å². The molecule has 5 nitrogen and oxygen atoms in total. The molecular weight excluding hydrogens is 293 g/mol. The number of nitrogens with zero attached hydrogens (tertiary/aromatic N) is 2. The normalized spacial score (nSPS) is 11.8. The highest BCUT2D eigenvalue weighted by atomic mass is 32.2. The fourth-order valence-electron chi connectivity index (χ4n) is 1.78. The first kappa shape index (κ1) is 15.6. The number of halogens is 1. The van der Waals surface area contributed by atoms with E-state index in [1.807, 2.05) is 0 Å². The maximum Gasteiger partial charge on any atom is 0.260 e. The van der Waals surface area contributed by atoms with E-state index in [2.05, 4.69) is 4.98 Å². The topological polar surface area (TPSA) is 76.3 Å². The van der Waals surface area contributed by atoms with Crippen LogP contribution in [0.5, 0.6) is 0 Å². The summed E-state index contributed by atoms with van der Waals surface area (Å²) in [7, 11) is -2.23. The van der Waals surface area contributed by atoms with Crippen molar-refractivity contribution in [3.63, 3.8) is 0 Å². The molecule has 0 saturated carbocycles. The molecule has 0 bridgehead atoms. The van der Waals surface area contributed by atoms with Crippen LogP contribution in [0, 0.1) is 5.82 Å². The van der Waals surface area contributed by atoms with Crippen LogP contribution in [0.2, 0.25) is 0 Å².